The molecule has 0 saturated heterocycles. The van der Waals surface area contributed by atoms with Crippen LogP contribution in [0.1, 0.15) is 23.0 Å². The van der Waals surface area contributed by atoms with E-state index in [2.05, 4.69) is 25.8 Å². The zero-order chi connectivity index (χ0) is 20.2. The Bertz CT molecular complexity index is 1150. The van der Waals surface area contributed by atoms with Crippen LogP contribution in [-0.4, -0.2) is 20.9 Å². The van der Waals surface area contributed by atoms with Crippen molar-refractivity contribution >= 4 is 29.1 Å². The van der Waals surface area contributed by atoms with Crippen molar-refractivity contribution in [2.45, 2.75) is 13.8 Å². The molecule has 4 rings (SSSR count). The minimum absolute atomic E-state index is 0.00469. The molecule has 0 fully saturated rings. The Balaban J connectivity index is 1.71. The lowest BCUT2D eigenvalue weighted by atomic mass is 10.1. The van der Waals surface area contributed by atoms with Crippen LogP contribution in [0.2, 0.25) is 0 Å². The van der Waals surface area contributed by atoms with Crippen LogP contribution in [0.15, 0.2) is 71.3 Å². The van der Waals surface area contributed by atoms with E-state index in [0.29, 0.717) is 28.9 Å². The molecule has 2 N–H and O–H groups in total. The van der Waals surface area contributed by atoms with E-state index in [1.54, 1.807) is 25.1 Å². The molecule has 0 aliphatic rings. The van der Waals surface area contributed by atoms with Gasteiger partial charge in [0.15, 0.2) is 11.6 Å². The number of nitrogens with zero attached hydrogens (tertiary/aromatic N) is 3. The Morgan fingerprint density at radius 1 is 0.897 bits per heavy atom. The quantitative estimate of drug-likeness (QED) is 0.444. The topological polar surface area (TPSA) is 92.9 Å². The standard InChI is InChI=1S/C22H19N5O2/c1-14-11-21(27-29-14)26-22-24-19(16-7-4-3-5-8-16)13-20(25-22)23-18-10-6-9-17(12-18)15(2)28/h3-13H,1-2H3,(H2,23,24,25,26,27). The van der Waals surface area contributed by atoms with Crippen molar-refractivity contribution in [1.29, 1.82) is 0 Å². The third-order valence-electron chi connectivity index (χ3n) is 4.21. The van der Waals surface area contributed by atoms with Gasteiger partial charge < -0.3 is 15.2 Å². The Morgan fingerprint density at radius 3 is 2.45 bits per heavy atom. The number of aryl methyl sites for hydroxylation is 1. The van der Waals surface area contributed by atoms with Gasteiger partial charge in [0.2, 0.25) is 5.95 Å². The van der Waals surface area contributed by atoms with Gasteiger partial charge in [-0.25, -0.2) is 4.98 Å². The highest BCUT2D eigenvalue weighted by Crippen LogP contribution is 2.25. The van der Waals surface area contributed by atoms with Gasteiger partial charge in [0.25, 0.3) is 0 Å². The summed E-state index contributed by atoms with van der Waals surface area (Å²) in [5.41, 5.74) is 3.09. The smallest absolute Gasteiger partial charge is 0.231 e. The van der Waals surface area contributed by atoms with Crippen molar-refractivity contribution < 1.29 is 9.32 Å². The highest BCUT2D eigenvalue weighted by Gasteiger charge is 2.10. The first-order chi connectivity index (χ1) is 14.1. The summed E-state index contributed by atoms with van der Waals surface area (Å²) in [5, 5.41) is 10.3. The molecule has 2 aromatic heterocycles. The van der Waals surface area contributed by atoms with E-state index in [1.165, 1.54) is 0 Å². The van der Waals surface area contributed by atoms with Gasteiger partial charge in [-0.2, -0.15) is 4.98 Å². The molecule has 0 aliphatic heterocycles. The Labute approximate surface area is 167 Å². The molecule has 7 heteroatoms. The van der Waals surface area contributed by atoms with Gasteiger partial charge in [0.1, 0.15) is 11.6 Å². The molecule has 7 nitrogen and oxygen atoms in total. The Hall–Kier alpha value is -4.00. The maximum absolute atomic E-state index is 11.7. The molecule has 0 aliphatic carbocycles. The Morgan fingerprint density at radius 2 is 1.72 bits per heavy atom. The van der Waals surface area contributed by atoms with Crippen molar-refractivity contribution in [2.75, 3.05) is 10.6 Å². The van der Waals surface area contributed by atoms with Crippen LogP contribution in [0.25, 0.3) is 11.3 Å². The van der Waals surface area contributed by atoms with E-state index in [4.69, 9.17) is 4.52 Å². The van der Waals surface area contributed by atoms with Crippen molar-refractivity contribution in [3.8, 4) is 11.3 Å². The average molecular weight is 385 g/mol. The first kappa shape index (κ1) is 18.4. The molecule has 2 heterocycles. The van der Waals surface area contributed by atoms with Crippen LogP contribution in [0, 0.1) is 6.92 Å². The van der Waals surface area contributed by atoms with Crippen molar-refractivity contribution in [3.63, 3.8) is 0 Å². The number of ketones is 1. The molecule has 29 heavy (non-hydrogen) atoms. The summed E-state index contributed by atoms with van der Waals surface area (Å²) in [6.45, 7) is 3.35. The minimum atomic E-state index is 0.00469. The van der Waals surface area contributed by atoms with Crippen LogP contribution >= 0.6 is 0 Å². The lowest BCUT2D eigenvalue weighted by Crippen LogP contribution is -2.03. The largest absolute Gasteiger partial charge is 0.360 e. The normalized spacial score (nSPS) is 10.6. The first-order valence-electron chi connectivity index (χ1n) is 9.10. The third-order valence-corrected chi connectivity index (χ3v) is 4.21. The molecule has 0 spiro atoms. The van der Waals surface area contributed by atoms with Gasteiger partial charge in [-0.3, -0.25) is 4.79 Å². The van der Waals surface area contributed by atoms with Gasteiger partial charge in [-0.15, -0.1) is 0 Å². The maximum atomic E-state index is 11.7. The van der Waals surface area contributed by atoms with E-state index in [-0.39, 0.29) is 5.78 Å². The van der Waals surface area contributed by atoms with Gasteiger partial charge in [0, 0.05) is 28.9 Å². The molecule has 0 radical (unpaired) electrons. The van der Waals surface area contributed by atoms with Crippen LogP contribution < -0.4 is 10.6 Å². The number of carbonyl (C=O) groups is 1. The lowest BCUT2D eigenvalue weighted by Gasteiger charge is -2.11. The number of Topliss-reactive ketones (excluding diaryl/α,β-unsaturated/α-hetero) is 1. The fraction of sp³-hybridized carbons (Fsp3) is 0.0909. The molecule has 0 amide bonds. The average Bonchev–Trinajstić information content (AvgIpc) is 3.13. The predicted octanol–water partition coefficient (Wildman–Crippen LogP) is 5.13. The van der Waals surface area contributed by atoms with E-state index in [1.807, 2.05) is 55.5 Å². The molecular formula is C22H19N5O2. The summed E-state index contributed by atoms with van der Waals surface area (Å²) in [4.78, 5) is 20.8. The fourth-order valence-corrected chi connectivity index (χ4v) is 2.83. The number of hydrogen-bond acceptors (Lipinski definition) is 7. The zero-order valence-electron chi connectivity index (χ0n) is 16.0. The fourth-order valence-electron chi connectivity index (χ4n) is 2.83. The summed E-state index contributed by atoms with van der Waals surface area (Å²) in [6, 6.07) is 20.7. The highest BCUT2D eigenvalue weighted by molar-refractivity contribution is 5.95. The Kier molecular flexibility index (Phi) is 5.03. The van der Waals surface area contributed by atoms with Crippen LogP contribution in [0.5, 0.6) is 0 Å². The molecule has 2 aromatic carbocycles. The second kappa shape index (κ2) is 7.93. The number of rotatable bonds is 6. The van der Waals surface area contributed by atoms with Gasteiger partial charge in [0.05, 0.1) is 5.69 Å². The highest BCUT2D eigenvalue weighted by atomic mass is 16.5. The van der Waals surface area contributed by atoms with Gasteiger partial charge in [-0.05, 0) is 26.0 Å². The molecule has 4 aromatic rings. The number of aromatic nitrogens is 3. The second-order valence-electron chi connectivity index (χ2n) is 6.54. The number of carbonyl (C=O) groups excluding carboxylic acids is 1. The maximum Gasteiger partial charge on any atom is 0.231 e. The number of hydrogen-bond donors (Lipinski definition) is 2. The molecule has 0 unspecified atom stereocenters. The molecular weight excluding hydrogens is 366 g/mol. The summed E-state index contributed by atoms with van der Waals surface area (Å²) in [5.74, 6) is 2.18. The van der Waals surface area contributed by atoms with E-state index >= 15 is 0 Å². The first-order valence-corrected chi connectivity index (χ1v) is 9.10. The summed E-state index contributed by atoms with van der Waals surface area (Å²) in [7, 11) is 0. The zero-order valence-corrected chi connectivity index (χ0v) is 16.0. The third kappa shape index (κ3) is 4.47. The summed E-state index contributed by atoms with van der Waals surface area (Å²) < 4.78 is 5.10. The minimum Gasteiger partial charge on any atom is -0.360 e. The monoisotopic (exact) mass is 385 g/mol. The summed E-state index contributed by atoms with van der Waals surface area (Å²) in [6.07, 6.45) is 0. The molecule has 0 saturated carbocycles. The SMILES string of the molecule is CC(=O)c1cccc(Nc2cc(-c3ccccc3)nc(Nc3cc(C)on3)n2)c1. The number of anilines is 4. The van der Waals surface area contributed by atoms with Crippen molar-refractivity contribution in [2.24, 2.45) is 0 Å². The van der Waals surface area contributed by atoms with Crippen molar-refractivity contribution in [3.05, 3.63) is 78.1 Å². The van der Waals surface area contributed by atoms with E-state index < -0.39 is 0 Å². The van der Waals surface area contributed by atoms with E-state index in [9.17, 15) is 4.79 Å². The molecule has 0 atom stereocenters. The number of nitrogens with one attached hydrogen (secondary N) is 2. The van der Waals surface area contributed by atoms with Gasteiger partial charge in [-0.1, -0.05) is 47.6 Å². The van der Waals surface area contributed by atoms with Crippen LogP contribution in [0.4, 0.5) is 23.3 Å². The molecule has 0 bridgehead atoms. The van der Waals surface area contributed by atoms with Gasteiger partial charge >= 0.3 is 0 Å². The van der Waals surface area contributed by atoms with Crippen molar-refractivity contribution in [1.82, 2.24) is 15.1 Å². The second-order valence-corrected chi connectivity index (χ2v) is 6.54. The van der Waals surface area contributed by atoms with Crippen LogP contribution in [0.3, 0.4) is 0 Å². The lowest BCUT2D eigenvalue weighted by molar-refractivity contribution is 0.101. The van der Waals surface area contributed by atoms with Crippen LogP contribution in [-0.2, 0) is 0 Å². The predicted molar refractivity (Wildman–Crippen MR) is 112 cm³/mol. The summed E-state index contributed by atoms with van der Waals surface area (Å²) >= 11 is 0. The number of benzene rings is 2. The molecule has 144 valence electrons. The van der Waals surface area contributed by atoms with E-state index in [0.717, 1.165) is 16.9 Å².